The number of unbranched alkanes of at least 4 members (excludes halogenated alkanes) is 2. The molecule has 0 unspecified atom stereocenters. The Balaban J connectivity index is 1.90. The number of nitrogens with zero attached hydrogens (tertiary/aromatic N) is 4. The van der Waals surface area contributed by atoms with Crippen molar-refractivity contribution in [2.75, 3.05) is 5.75 Å². The number of hydrogen-bond acceptors (Lipinski definition) is 5. The second-order valence-electron chi connectivity index (χ2n) is 7.33. The highest BCUT2D eigenvalue weighted by molar-refractivity contribution is 7.90. The normalized spacial score (nSPS) is 12.1. The molecule has 0 radical (unpaired) electrons. The highest BCUT2D eigenvalue weighted by Gasteiger charge is 2.18. The van der Waals surface area contributed by atoms with Crippen LogP contribution in [0.1, 0.15) is 43.0 Å². The molecule has 9 heteroatoms. The number of fused-ring (bicyclic) bond motifs is 1. The summed E-state index contributed by atoms with van der Waals surface area (Å²) in [6, 6.07) is 3.89. The molecule has 3 heterocycles. The maximum absolute atomic E-state index is 12.2. The third-order valence-corrected chi connectivity index (χ3v) is 6.24. The molecule has 8 nitrogen and oxygen atoms in total. The van der Waals surface area contributed by atoms with Gasteiger partial charge < -0.3 is 0 Å². The molecule has 3 rings (SSSR count). The van der Waals surface area contributed by atoms with Crippen molar-refractivity contribution >= 4 is 33.0 Å². The largest absolute Gasteiger partial charge is 0.285 e. The fourth-order valence-corrected chi connectivity index (χ4v) is 4.53. The number of aromatic nitrogens is 4. The van der Waals surface area contributed by atoms with E-state index >= 15 is 0 Å². The van der Waals surface area contributed by atoms with Gasteiger partial charge in [0, 0.05) is 36.5 Å². The van der Waals surface area contributed by atoms with E-state index < -0.39 is 15.9 Å². The molecule has 3 aromatic heterocycles. The van der Waals surface area contributed by atoms with Crippen LogP contribution < -0.4 is 4.72 Å². The lowest BCUT2D eigenvalue weighted by molar-refractivity contribution is -0.114. The van der Waals surface area contributed by atoms with Crippen LogP contribution in [0, 0.1) is 13.8 Å². The monoisotopic (exact) mass is 429 g/mol. The van der Waals surface area contributed by atoms with Crippen LogP contribution in [0.3, 0.4) is 0 Å². The zero-order valence-electron chi connectivity index (χ0n) is 17.7. The summed E-state index contributed by atoms with van der Waals surface area (Å²) in [6.45, 7) is 5.84. The number of hydrogen-bond donors (Lipinski definition) is 1. The number of sulfonamides is 1. The average Bonchev–Trinajstić information content (AvgIpc) is 3.15. The number of carbonyl (C=O) groups excluding carboxylic acids is 1. The van der Waals surface area contributed by atoms with E-state index in [2.05, 4.69) is 14.8 Å². The Morgan fingerprint density at radius 2 is 2.03 bits per heavy atom. The van der Waals surface area contributed by atoms with E-state index in [9.17, 15) is 13.2 Å². The summed E-state index contributed by atoms with van der Waals surface area (Å²) in [7, 11) is -1.82. The molecule has 0 saturated carbocycles. The zero-order chi connectivity index (χ0) is 21.9. The molecule has 1 amide bonds. The highest BCUT2D eigenvalue weighted by Crippen LogP contribution is 2.26. The number of amides is 1. The Labute approximate surface area is 176 Å². The summed E-state index contributed by atoms with van der Waals surface area (Å²) in [4.78, 5) is 16.7. The Kier molecular flexibility index (Phi) is 6.40. The van der Waals surface area contributed by atoms with E-state index in [1.54, 1.807) is 17.0 Å². The maximum Gasteiger partial charge on any atom is 0.257 e. The van der Waals surface area contributed by atoms with Crippen molar-refractivity contribution < 1.29 is 13.2 Å². The lowest BCUT2D eigenvalue weighted by Crippen LogP contribution is -2.31. The number of carbonyl (C=O) groups is 1. The van der Waals surface area contributed by atoms with Gasteiger partial charge in [0.15, 0.2) is 0 Å². The predicted molar refractivity (Wildman–Crippen MR) is 118 cm³/mol. The van der Waals surface area contributed by atoms with Crippen molar-refractivity contribution in [2.24, 2.45) is 7.05 Å². The molecular weight excluding hydrogens is 402 g/mol. The molecule has 30 heavy (non-hydrogen) atoms. The molecular formula is C21H27N5O3S. The van der Waals surface area contributed by atoms with Crippen LogP contribution in [0.5, 0.6) is 0 Å². The average molecular weight is 430 g/mol. The second kappa shape index (κ2) is 8.83. The van der Waals surface area contributed by atoms with E-state index in [0.29, 0.717) is 6.42 Å². The summed E-state index contributed by atoms with van der Waals surface area (Å²) in [6.07, 6.45) is 8.78. The molecule has 1 N–H and O–H groups in total. The summed E-state index contributed by atoms with van der Waals surface area (Å²) in [5, 5.41) is 5.50. The first-order valence-electron chi connectivity index (χ1n) is 9.92. The number of aryl methyl sites for hydroxylation is 3. The van der Waals surface area contributed by atoms with Gasteiger partial charge in [0.1, 0.15) is 11.5 Å². The first-order chi connectivity index (χ1) is 14.2. The van der Waals surface area contributed by atoms with Gasteiger partial charge in [-0.1, -0.05) is 19.8 Å². The van der Waals surface area contributed by atoms with Crippen molar-refractivity contribution in [2.45, 2.75) is 40.0 Å². The van der Waals surface area contributed by atoms with Crippen molar-refractivity contribution in [3.63, 3.8) is 0 Å². The number of nitrogens with one attached hydrogen (secondary N) is 1. The minimum atomic E-state index is -3.64. The fourth-order valence-electron chi connectivity index (χ4n) is 3.47. The quantitative estimate of drug-likeness (QED) is 0.438. The van der Waals surface area contributed by atoms with Gasteiger partial charge in [0.05, 0.1) is 11.4 Å². The van der Waals surface area contributed by atoms with E-state index in [1.165, 1.54) is 6.08 Å². The number of rotatable bonds is 8. The molecule has 0 spiro atoms. The van der Waals surface area contributed by atoms with Crippen LogP contribution >= 0.6 is 0 Å². The van der Waals surface area contributed by atoms with Crippen molar-refractivity contribution in [3.8, 4) is 5.82 Å². The summed E-state index contributed by atoms with van der Waals surface area (Å²) in [5.41, 5.74) is 3.30. The van der Waals surface area contributed by atoms with Crippen molar-refractivity contribution in [1.29, 1.82) is 0 Å². The van der Waals surface area contributed by atoms with E-state index in [-0.39, 0.29) is 5.75 Å². The molecule has 160 valence electrons. The SMILES string of the molecule is CCCCCS(=O)(=O)NC(=O)/C=C/c1c(C)nn(C)c1-n1cc(C)c2cccnc21. The van der Waals surface area contributed by atoms with Gasteiger partial charge in [-0.3, -0.25) is 14.0 Å². The minimum Gasteiger partial charge on any atom is -0.285 e. The summed E-state index contributed by atoms with van der Waals surface area (Å²) < 4.78 is 29.8. The van der Waals surface area contributed by atoms with Crippen LogP contribution in [0.25, 0.3) is 22.9 Å². The number of pyridine rings is 1. The van der Waals surface area contributed by atoms with Crippen LogP contribution in [0.2, 0.25) is 0 Å². The van der Waals surface area contributed by atoms with Gasteiger partial charge in [-0.05, 0) is 44.0 Å². The van der Waals surface area contributed by atoms with Gasteiger partial charge in [0.2, 0.25) is 10.0 Å². The Morgan fingerprint density at radius 1 is 1.27 bits per heavy atom. The van der Waals surface area contributed by atoms with Crippen molar-refractivity contribution in [1.82, 2.24) is 24.1 Å². The molecule has 0 aromatic carbocycles. The van der Waals surface area contributed by atoms with Gasteiger partial charge in [-0.15, -0.1) is 0 Å². The van der Waals surface area contributed by atoms with E-state index in [1.807, 2.05) is 50.7 Å². The van der Waals surface area contributed by atoms with E-state index in [0.717, 1.165) is 46.5 Å². The van der Waals surface area contributed by atoms with Crippen LogP contribution in [-0.2, 0) is 21.9 Å². The minimum absolute atomic E-state index is 0.0576. The second-order valence-corrected chi connectivity index (χ2v) is 9.17. The smallest absolute Gasteiger partial charge is 0.257 e. The van der Waals surface area contributed by atoms with Crippen LogP contribution in [0.15, 0.2) is 30.6 Å². The predicted octanol–water partition coefficient (Wildman–Crippen LogP) is 3.03. The van der Waals surface area contributed by atoms with Crippen LogP contribution in [0.4, 0.5) is 0 Å². The zero-order valence-corrected chi connectivity index (χ0v) is 18.5. The first kappa shape index (κ1) is 21.8. The molecule has 3 aromatic rings. The third-order valence-electron chi connectivity index (χ3n) is 4.90. The third kappa shape index (κ3) is 4.62. The fraction of sp³-hybridized carbons (Fsp3) is 0.381. The lowest BCUT2D eigenvalue weighted by atomic mass is 10.2. The first-order valence-corrected chi connectivity index (χ1v) is 11.6. The summed E-state index contributed by atoms with van der Waals surface area (Å²) >= 11 is 0. The Morgan fingerprint density at radius 3 is 2.77 bits per heavy atom. The van der Waals surface area contributed by atoms with Gasteiger partial charge in [-0.25, -0.2) is 18.1 Å². The van der Waals surface area contributed by atoms with Crippen LogP contribution in [-0.4, -0.2) is 39.4 Å². The van der Waals surface area contributed by atoms with E-state index in [4.69, 9.17) is 0 Å². The topological polar surface area (TPSA) is 98.9 Å². The summed E-state index contributed by atoms with van der Waals surface area (Å²) in [5.74, 6) is 0.0178. The van der Waals surface area contributed by atoms with Gasteiger partial charge in [-0.2, -0.15) is 5.10 Å². The van der Waals surface area contributed by atoms with Gasteiger partial charge >= 0.3 is 0 Å². The molecule has 0 aliphatic rings. The standard InChI is InChI=1S/C21H27N5O3S/c1-5-6-7-13-30(28,29)24-19(27)11-10-18-16(3)23-25(4)21(18)26-14-15(2)17-9-8-12-22-20(17)26/h8-12,14H,5-7,13H2,1-4H3,(H,24,27)/b11-10+. The van der Waals surface area contributed by atoms with Crippen molar-refractivity contribution in [3.05, 3.63) is 47.4 Å². The molecule has 0 fully saturated rings. The molecule has 0 saturated heterocycles. The molecule has 0 bridgehead atoms. The molecule has 0 aliphatic carbocycles. The lowest BCUT2D eigenvalue weighted by Gasteiger charge is -2.07. The molecule has 0 atom stereocenters. The van der Waals surface area contributed by atoms with Gasteiger partial charge in [0.25, 0.3) is 5.91 Å². The highest BCUT2D eigenvalue weighted by atomic mass is 32.2. The Hall–Kier alpha value is -2.94. The molecule has 0 aliphatic heterocycles. The Bertz CT molecular complexity index is 1200. The maximum atomic E-state index is 12.2.